The number of hydrogen-bond acceptors (Lipinski definition) is 3. The number of hydrogen-bond donors (Lipinski definition) is 1. The second-order valence-electron chi connectivity index (χ2n) is 7.54. The largest absolute Gasteiger partial charge is 0.263 e. The molecule has 0 spiro atoms. The fraction of sp³-hybridized carbons (Fsp3) is 0.667. The first-order valence-corrected chi connectivity index (χ1v) is 8.99. The van der Waals surface area contributed by atoms with Crippen LogP contribution >= 0.6 is 11.6 Å². The molecule has 0 bridgehead atoms. The van der Waals surface area contributed by atoms with E-state index in [-0.39, 0.29) is 26.8 Å². The Morgan fingerprint density at radius 2 is 1.81 bits per heavy atom. The number of rotatable bonds is 3. The molecule has 2 rings (SSSR count). The van der Waals surface area contributed by atoms with E-state index in [2.05, 4.69) is 37.4 Å². The monoisotopic (exact) mass is 330 g/mol. The van der Waals surface area contributed by atoms with E-state index in [1.807, 2.05) is 0 Å². The maximum atomic E-state index is 12.5. The minimum absolute atomic E-state index is 0.0489. The summed E-state index contributed by atoms with van der Waals surface area (Å²) in [6.07, 6.45) is 5.52. The van der Waals surface area contributed by atoms with Crippen LogP contribution in [0.3, 0.4) is 0 Å². The lowest BCUT2D eigenvalue weighted by Gasteiger charge is -2.45. The standard InChI is InChI=1S/C15H23ClN2O2S/c1-14(2)7-11(8-15(3,4)10-14)18-21(19,20)13-9-17-6-5-12(13)16/h5-6,9,11,18H,7-8,10H2,1-4H3. The second kappa shape index (κ2) is 5.52. The molecule has 4 nitrogen and oxygen atoms in total. The van der Waals surface area contributed by atoms with Crippen molar-refractivity contribution in [3.63, 3.8) is 0 Å². The summed E-state index contributed by atoms with van der Waals surface area (Å²) in [5.41, 5.74) is 0.237. The molecule has 0 unspecified atom stereocenters. The van der Waals surface area contributed by atoms with Crippen molar-refractivity contribution in [2.75, 3.05) is 0 Å². The Morgan fingerprint density at radius 3 is 2.33 bits per heavy atom. The number of nitrogens with zero attached hydrogens (tertiary/aromatic N) is 1. The van der Waals surface area contributed by atoms with Crippen molar-refractivity contribution in [1.82, 2.24) is 9.71 Å². The molecule has 0 radical (unpaired) electrons. The quantitative estimate of drug-likeness (QED) is 0.920. The van der Waals surface area contributed by atoms with Crippen molar-refractivity contribution >= 4 is 21.6 Å². The lowest BCUT2D eigenvalue weighted by atomic mass is 9.64. The molecule has 21 heavy (non-hydrogen) atoms. The van der Waals surface area contributed by atoms with E-state index in [4.69, 9.17) is 11.6 Å². The third-order valence-corrected chi connectivity index (χ3v) is 5.89. The summed E-state index contributed by atoms with van der Waals surface area (Å²) in [4.78, 5) is 3.91. The first-order valence-electron chi connectivity index (χ1n) is 7.13. The van der Waals surface area contributed by atoms with Crippen molar-refractivity contribution in [2.24, 2.45) is 10.8 Å². The highest BCUT2D eigenvalue weighted by Gasteiger charge is 2.40. The van der Waals surface area contributed by atoms with Crippen LogP contribution in [0.1, 0.15) is 47.0 Å². The third kappa shape index (κ3) is 4.18. The summed E-state index contributed by atoms with van der Waals surface area (Å²) in [5.74, 6) is 0. The summed E-state index contributed by atoms with van der Waals surface area (Å²) in [7, 11) is -3.64. The summed E-state index contributed by atoms with van der Waals surface area (Å²) in [6, 6.07) is 1.41. The lowest BCUT2D eigenvalue weighted by Crippen LogP contribution is -2.46. The summed E-state index contributed by atoms with van der Waals surface area (Å²) in [5, 5.41) is 0.201. The van der Waals surface area contributed by atoms with Gasteiger partial charge in [0.1, 0.15) is 4.90 Å². The van der Waals surface area contributed by atoms with Gasteiger partial charge >= 0.3 is 0 Å². The Morgan fingerprint density at radius 1 is 1.24 bits per heavy atom. The fourth-order valence-corrected chi connectivity index (χ4v) is 5.44. The molecule has 0 amide bonds. The van der Waals surface area contributed by atoms with E-state index in [0.29, 0.717) is 0 Å². The predicted octanol–water partition coefficient (Wildman–Crippen LogP) is 3.62. The molecular weight excluding hydrogens is 308 g/mol. The van der Waals surface area contributed by atoms with Gasteiger partial charge in [0.15, 0.2) is 0 Å². The average molecular weight is 331 g/mol. The number of aromatic nitrogens is 1. The maximum Gasteiger partial charge on any atom is 0.243 e. The first-order chi connectivity index (χ1) is 9.51. The van der Waals surface area contributed by atoms with Crippen LogP contribution in [0, 0.1) is 10.8 Å². The van der Waals surface area contributed by atoms with Crippen molar-refractivity contribution in [3.05, 3.63) is 23.5 Å². The molecular formula is C15H23ClN2O2S. The van der Waals surface area contributed by atoms with Gasteiger partial charge in [-0.2, -0.15) is 0 Å². The van der Waals surface area contributed by atoms with E-state index in [1.165, 1.54) is 18.5 Å². The van der Waals surface area contributed by atoms with Crippen LogP contribution in [-0.4, -0.2) is 19.4 Å². The molecule has 118 valence electrons. The van der Waals surface area contributed by atoms with Gasteiger partial charge < -0.3 is 0 Å². The van der Waals surface area contributed by atoms with Crippen LogP contribution in [0.2, 0.25) is 5.02 Å². The van der Waals surface area contributed by atoms with E-state index in [1.54, 1.807) is 0 Å². The van der Waals surface area contributed by atoms with E-state index in [0.717, 1.165) is 19.3 Å². The SMILES string of the molecule is CC1(C)CC(NS(=O)(=O)c2cnccc2Cl)CC(C)(C)C1. The van der Waals surface area contributed by atoms with Gasteiger partial charge in [-0.05, 0) is 36.2 Å². The van der Waals surface area contributed by atoms with Crippen molar-refractivity contribution < 1.29 is 8.42 Å². The number of halogens is 1. The molecule has 1 aliphatic carbocycles. The molecule has 0 atom stereocenters. The molecule has 0 aromatic carbocycles. The first kappa shape index (κ1) is 16.7. The molecule has 1 heterocycles. The summed E-state index contributed by atoms with van der Waals surface area (Å²) >= 11 is 5.98. The third-order valence-electron chi connectivity index (χ3n) is 3.90. The minimum atomic E-state index is -3.64. The highest BCUT2D eigenvalue weighted by Crippen LogP contribution is 2.46. The fourth-order valence-electron chi connectivity index (χ4n) is 3.77. The normalized spacial score (nSPS) is 22.1. The smallest absolute Gasteiger partial charge is 0.243 e. The Kier molecular flexibility index (Phi) is 4.40. The topological polar surface area (TPSA) is 59.1 Å². The van der Waals surface area contributed by atoms with Gasteiger partial charge in [-0.25, -0.2) is 13.1 Å². The molecule has 0 aliphatic heterocycles. The Hall–Kier alpha value is -0.650. The average Bonchev–Trinajstić information content (AvgIpc) is 2.23. The van der Waals surface area contributed by atoms with Gasteiger partial charge in [0.2, 0.25) is 10.0 Å². The zero-order valence-electron chi connectivity index (χ0n) is 13.0. The van der Waals surface area contributed by atoms with Gasteiger partial charge in [0, 0.05) is 18.4 Å². The lowest BCUT2D eigenvalue weighted by molar-refractivity contribution is 0.0934. The molecule has 0 saturated heterocycles. The van der Waals surface area contributed by atoms with Crippen molar-refractivity contribution in [2.45, 2.75) is 57.9 Å². The molecule has 1 saturated carbocycles. The molecule has 1 aliphatic rings. The van der Waals surface area contributed by atoms with Crippen LogP contribution in [0.5, 0.6) is 0 Å². The van der Waals surface area contributed by atoms with E-state index in [9.17, 15) is 8.42 Å². The molecule has 6 heteroatoms. The summed E-state index contributed by atoms with van der Waals surface area (Å²) in [6.45, 7) is 8.75. The maximum absolute atomic E-state index is 12.5. The molecule has 1 N–H and O–H groups in total. The van der Waals surface area contributed by atoms with Gasteiger partial charge in [-0.15, -0.1) is 0 Å². The van der Waals surface area contributed by atoms with E-state index >= 15 is 0 Å². The van der Waals surface area contributed by atoms with Crippen LogP contribution < -0.4 is 4.72 Å². The number of sulfonamides is 1. The Balaban J connectivity index is 2.23. The van der Waals surface area contributed by atoms with Gasteiger partial charge in [-0.3, -0.25) is 4.98 Å². The van der Waals surface area contributed by atoms with Crippen LogP contribution in [-0.2, 0) is 10.0 Å². The molecule has 1 aromatic heterocycles. The number of pyridine rings is 1. The van der Waals surface area contributed by atoms with E-state index < -0.39 is 10.0 Å². The van der Waals surface area contributed by atoms with Crippen LogP contribution in [0.15, 0.2) is 23.4 Å². The van der Waals surface area contributed by atoms with Crippen molar-refractivity contribution in [1.29, 1.82) is 0 Å². The zero-order valence-corrected chi connectivity index (χ0v) is 14.6. The van der Waals surface area contributed by atoms with Gasteiger partial charge in [0.25, 0.3) is 0 Å². The van der Waals surface area contributed by atoms with Gasteiger partial charge in [0.05, 0.1) is 5.02 Å². The van der Waals surface area contributed by atoms with Crippen LogP contribution in [0.25, 0.3) is 0 Å². The second-order valence-corrected chi connectivity index (χ2v) is 9.63. The molecule has 1 fully saturated rings. The summed E-state index contributed by atoms with van der Waals surface area (Å²) < 4.78 is 27.8. The molecule has 1 aromatic rings. The predicted molar refractivity (Wildman–Crippen MR) is 84.8 cm³/mol. The highest BCUT2D eigenvalue weighted by molar-refractivity contribution is 7.89. The van der Waals surface area contributed by atoms with Crippen molar-refractivity contribution in [3.8, 4) is 0 Å². The zero-order chi connectivity index (χ0) is 15.9. The minimum Gasteiger partial charge on any atom is -0.263 e. The Bertz CT molecular complexity index is 610. The number of nitrogens with one attached hydrogen (secondary N) is 1. The van der Waals surface area contributed by atoms with Crippen LogP contribution in [0.4, 0.5) is 0 Å². The van der Waals surface area contributed by atoms with Gasteiger partial charge in [-0.1, -0.05) is 39.3 Å². The highest BCUT2D eigenvalue weighted by atomic mass is 35.5. The Labute approximate surface area is 132 Å².